The highest BCUT2D eigenvalue weighted by atomic mass is 16.5. The summed E-state index contributed by atoms with van der Waals surface area (Å²) in [5.74, 6) is -0.852. The maximum absolute atomic E-state index is 14.3. The number of pyridine rings is 1. The molecule has 0 aliphatic carbocycles. The first-order chi connectivity index (χ1) is 25.4. The Labute approximate surface area is 311 Å². The van der Waals surface area contributed by atoms with Crippen LogP contribution in [0.25, 0.3) is 11.1 Å². The van der Waals surface area contributed by atoms with Crippen molar-refractivity contribution in [2.45, 2.75) is 79.2 Å². The minimum Gasteiger partial charge on any atom is -0.494 e. The van der Waals surface area contributed by atoms with E-state index in [9.17, 15) is 19.5 Å². The third-order valence-electron chi connectivity index (χ3n) is 9.86. The van der Waals surface area contributed by atoms with Gasteiger partial charge in [0, 0.05) is 55.9 Å². The topological polar surface area (TPSA) is 147 Å². The number of benzene rings is 2. The number of carbonyl (C=O) groups is 2. The molecule has 0 bridgehead atoms. The van der Waals surface area contributed by atoms with Crippen molar-refractivity contribution in [2.75, 3.05) is 49.8 Å². The number of hydrogen-bond acceptors (Lipinski definition) is 9. The zero-order valence-electron chi connectivity index (χ0n) is 31.9. The number of unbranched alkanes of at least 4 members (excludes halogenated alkanes) is 1. The zero-order valence-corrected chi connectivity index (χ0v) is 31.9. The molecule has 1 atom stereocenters. The molecule has 0 radical (unpaired) electrons. The molecule has 2 N–H and O–H groups in total. The number of hydrogen-bond donors (Lipinski definition) is 2. The first-order valence-corrected chi connectivity index (χ1v) is 18.4. The van der Waals surface area contributed by atoms with Gasteiger partial charge in [-0.05, 0) is 117 Å². The summed E-state index contributed by atoms with van der Waals surface area (Å²) in [6.45, 7) is 14.5. The molecule has 1 amide bonds. The number of carboxylic acid groups (broad SMARTS) is 1. The molecule has 0 spiro atoms. The molecular weight excluding hydrogens is 676 g/mol. The Hall–Kier alpha value is -5.10. The highest BCUT2D eigenvalue weighted by Crippen LogP contribution is 2.35. The number of anilines is 2. The van der Waals surface area contributed by atoms with Gasteiger partial charge in [0.05, 0.1) is 13.2 Å². The lowest BCUT2D eigenvalue weighted by atomic mass is 9.94. The van der Waals surface area contributed by atoms with E-state index in [4.69, 9.17) is 18.7 Å². The Balaban J connectivity index is 1.29. The standard InChI is InChI=1S/C41H52N4O8/c1-8-45(31-15-19-50-20-16-31)34-23-30(22-33(28(34)6)40(47)44(7)38-26(4)21-27(5)42-39(38)46)29-11-13-32(14-12-29)51-17-9-10-18-52-36-24-35(53-43-36)37(25(2)3)41(48)49/h11-14,21-25,31,37H,8-10,15-20H2,1-7H3,(H,42,46)(H,48,49). The molecule has 2 aromatic heterocycles. The molecule has 1 fully saturated rings. The summed E-state index contributed by atoms with van der Waals surface area (Å²) in [6, 6.07) is 15.6. The number of H-pyrrole nitrogens is 1. The van der Waals surface area contributed by atoms with Gasteiger partial charge in [-0.25, -0.2) is 0 Å². The van der Waals surface area contributed by atoms with E-state index in [1.807, 2.05) is 71.0 Å². The van der Waals surface area contributed by atoms with Gasteiger partial charge in [-0.15, -0.1) is 0 Å². The first kappa shape index (κ1) is 39.1. The lowest BCUT2D eigenvalue weighted by molar-refractivity contribution is -0.140. The first-order valence-electron chi connectivity index (χ1n) is 18.4. The van der Waals surface area contributed by atoms with E-state index in [0.29, 0.717) is 44.1 Å². The second-order valence-electron chi connectivity index (χ2n) is 14.0. The third-order valence-corrected chi connectivity index (χ3v) is 9.86. The molecule has 1 aliphatic rings. The molecule has 3 heterocycles. The number of aromatic amines is 1. The van der Waals surface area contributed by atoms with E-state index in [1.54, 1.807) is 13.1 Å². The average molecular weight is 729 g/mol. The van der Waals surface area contributed by atoms with Gasteiger partial charge in [-0.3, -0.25) is 14.4 Å². The zero-order chi connectivity index (χ0) is 38.2. The van der Waals surface area contributed by atoms with Crippen LogP contribution in [-0.4, -0.2) is 73.2 Å². The van der Waals surface area contributed by atoms with Gasteiger partial charge in [0.25, 0.3) is 17.3 Å². The number of rotatable bonds is 16. The third kappa shape index (κ3) is 9.29. The van der Waals surface area contributed by atoms with Crippen LogP contribution in [-0.2, 0) is 9.53 Å². The number of amides is 1. The molecule has 4 aromatic rings. The molecule has 1 saturated heterocycles. The van der Waals surface area contributed by atoms with Gasteiger partial charge in [0.15, 0.2) is 5.76 Å². The highest BCUT2D eigenvalue weighted by molar-refractivity contribution is 6.08. The Morgan fingerprint density at radius 1 is 0.981 bits per heavy atom. The molecule has 284 valence electrons. The number of aliphatic carboxylic acids is 1. The summed E-state index contributed by atoms with van der Waals surface area (Å²) in [4.78, 5) is 45.5. The van der Waals surface area contributed by atoms with E-state index in [-0.39, 0.29) is 35.1 Å². The fraction of sp³-hybridized carbons (Fsp3) is 0.463. The van der Waals surface area contributed by atoms with Crippen molar-refractivity contribution >= 4 is 23.3 Å². The monoisotopic (exact) mass is 728 g/mol. The fourth-order valence-electron chi connectivity index (χ4n) is 7.09. The average Bonchev–Trinajstić information content (AvgIpc) is 3.58. The summed E-state index contributed by atoms with van der Waals surface area (Å²) in [5, 5.41) is 13.3. The predicted octanol–water partition coefficient (Wildman–Crippen LogP) is 7.30. The smallest absolute Gasteiger partial charge is 0.314 e. The number of carbonyl (C=O) groups excluding carboxylic acids is 1. The number of aryl methyl sites for hydroxylation is 2. The number of ether oxygens (including phenoxy) is 3. The summed E-state index contributed by atoms with van der Waals surface area (Å²) >= 11 is 0. The van der Waals surface area contributed by atoms with E-state index in [0.717, 1.165) is 65.2 Å². The maximum atomic E-state index is 14.3. The molecule has 12 heteroatoms. The molecule has 1 aliphatic heterocycles. The van der Waals surface area contributed by atoms with Crippen LogP contribution in [0.3, 0.4) is 0 Å². The number of nitrogens with zero attached hydrogens (tertiary/aromatic N) is 3. The second-order valence-corrected chi connectivity index (χ2v) is 14.0. The van der Waals surface area contributed by atoms with E-state index in [2.05, 4.69) is 28.0 Å². The van der Waals surface area contributed by atoms with Gasteiger partial charge in [-0.2, -0.15) is 0 Å². The maximum Gasteiger partial charge on any atom is 0.314 e. The van der Waals surface area contributed by atoms with Crippen LogP contribution in [0.4, 0.5) is 11.4 Å². The largest absolute Gasteiger partial charge is 0.494 e. The molecule has 1 unspecified atom stereocenters. The van der Waals surface area contributed by atoms with Crippen molar-refractivity contribution in [1.82, 2.24) is 10.1 Å². The second kappa shape index (κ2) is 17.6. The van der Waals surface area contributed by atoms with Crippen LogP contribution in [0.2, 0.25) is 0 Å². The van der Waals surface area contributed by atoms with E-state index >= 15 is 0 Å². The number of carboxylic acids is 1. The van der Waals surface area contributed by atoms with Crippen LogP contribution < -0.4 is 24.8 Å². The normalized spacial score (nSPS) is 13.9. The molecule has 12 nitrogen and oxygen atoms in total. The Kier molecular flexibility index (Phi) is 13.0. The van der Waals surface area contributed by atoms with Crippen molar-refractivity contribution in [3.8, 4) is 22.8 Å². The minimum absolute atomic E-state index is 0.141. The lowest BCUT2D eigenvalue weighted by Crippen LogP contribution is -2.40. The number of nitrogens with one attached hydrogen (secondary N) is 1. The van der Waals surface area contributed by atoms with Crippen LogP contribution in [0.15, 0.2) is 57.8 Å². The van der Waals surface area contributed by atoms with Crippen LogP contribution in [0.5, 0.6) is 11.6 Å². The minimum atomic E-state index is -0.958. The molecule has 53 heavy (non-hydrogen) atoms. The summed E-state index contributed by atoms with van der Waals surface area (Å²) < 4.78 is 22.6. The summed E-state index contributed by atoms with van der Waals surface area (Å²) in [6.07, 6.45) is 3.25. The van der Waals surface area contributed by atoms with Crippen molar-refractivity contribution < 1.29 is 33.4 Å². The van der Waals surface area contributed by atoms with Crippen molar-refractivity contribution in [3.05, 3.63) is 87.0 Å². The number of aromatic nitrogens is 2. The van der Waals surface area contributed by atoms with Gasteiger partial charge >= 0.3 is 5.97 Å². The SMILES string of the molecule is CCN(c1cc(-c2ccc(OCCCCOc3cc(C(C(=O)O)C(C)C)on3)cc2)cc(C(=O)N(C)c2c(C)cc(C)[nH]c2=O)c1C)C1CCOCC1. The van der Waals surface area contributed by atoms with Crippen molar-refractivity contribution in [3.63, 3.8) is 0 Å². The Morgan fingerprint density at radius 2 is 1.66 bits per heavy atom. The Morgan fingerprint density at radius 3 is 2.28 bits per heavy atom. The predicted molar refractivity (Wildman–Crippen MR) is 205 cm³/mol. The van der Waals surface area contributed by atoms with Crippen molar-refractivity contribution in [1.29, 1.82) is 0 Å². The lowest BCUT2D eigenvalue weighted by Gasteiger charge is -2.37. The van der Waals surface area contributed by atoms with Crippen LogP contribution in [0.1, 0.15) is 85.3 Å². The Bertz CT molecular complexity index is 1930. The summed E-state index contributed by atoms with van der Waals surface area (Å²) in [7, 11) is 1.66. The summed E-state index contributed by atoms with van der Waals surface area (Å²) in [5.41, 5.74) is 5.74. The van der Waals surface area contributed by atoms with Crippen molar-refractivity contribution in [2.24, 2.45) is 5.92 Å². The van der Waals surface area contributed by atoms with E-state index in [1.165, 1.54) is 4.90 Å². The molecule has 5 rings (SSSR count). The molecule has 2 aromatic carbocycles. The van der Waals surface area contributed by atoms with Gasteiger partial charge < -0.3 is 38.6 Å². The van der Waals surface area contributed by atoms with Gasteiger partial charge in [0.1, 0.15) is 17.4 Å². The van der Waals surface area contributed by atoms with E-state index < -0.39 is 11.9 Å². The molecular formula is C41H52N4O8. The van der Waals surface area contributed by atoms with Crippen LogP contribution >= 0.6 is 0 Å². The quantitative estimate of drug-likeness (QED) is 0.113. The van der Waals surface area contributed by atoms with Gasteiger partial charge in [-0.1, -0.05) is 26.0 Å². The molecule has 0 saturated carbocycles. The van der Waals surface area contributed by atoms with Gasteiger partial charge in [0.2, 0.25) is 0 Å². The van der Waals surface area contributed by atoms with Crippen LogP contribution in [0, 0.1) is 26.7 Å². The fourth-order valence-corrected chi connectivity index (χ4v) is 7.09. The highest BCUT2D eigenvalue weighted by Gasteiger charge is 2.29.